The van der Waals surface area contributed by atoms with Crippen molar-refractivity contribution >= 4 is 26.6 Å². The molecule has 0 amide bonds. The lowest BCUT2D eigenvalue weighted by molar-refractivity contribution is 0.417. The van der Waals surface area contributed by atoms with Crippen LogP contribution >= 0.6 is 0 Å². The molecule has 0 saturated heterocycles. The first-order valence-electron chi connectivity index (χ1n) is 6.33. The zero-order valence-corrected chi connectivity index (χ0v) is 12.1. The number of sulfonamides is 1. The van der Waals surface area contributed by atoms with E-state index in [9.17, 15) is 8.42 Å². The minimum atomic E-state index is -3.66. The minimum Gasteiger partial charge on any atom is -0.495 e. The first-order valence-corrected chi connectivity index (χ1v) is 7.81. The number of nitrogens with one attached hydrogen (secondary N) is 2. The number of benzene rings is 2. The Balaban J connectivity index is 1.99. The molecular formula is C15H14N2O3S. The maximum absolute atomic E-state index is 12.5. The van der Waals surface area contributed by atoms with Gasteiger partial charge < -0.3 is 9.72 Å². The van der Waals surface area contributed by atoms with E-state index >= 15 is 0 Å². The molecule has 2 aromatic carbocycles. The van der Waals surface area contributed by atoms with Crippen LogP contribution in [0.25, 0.3) is 10.9 Å². The number of hydrogen-bond donors (Lipinski definition) is 2. The Hall–Kier alpha value is -2.47. The van der Waals surface area contributed by atoms with Gasteiger partial charge in [0, 0.05) is 17.1 Å². The van der Waals surface area contributed by atoms with Crippen LogP contribution in [0.3, 0.4) is 0 Å². The predicted molar refractivity (Wildman–Crippen MR) is 82.1 cm³/mol. The van der Waals surface area contributed by atoms with Crippen molar-refractivity contribution in [1.29, 1.82) is 0 Å². The number of para-hydroxylation sites is 2. The van der Waals surface area contributed by atoms with Crippen LogP contribution < -0.4 is 9.46 Å². The van der Waals surface area contributed by atoms with Crippen LogP contribution in [0.1, 0.15) is 0 Å². The molecule has 21 heavy (non-hydrogen) atoms. The number of aromatic nitrogens is 1. The van der Waals surface area contributed by atoms with Gasteiger partial charge >= 0.3 is 0 Å². The largest absolute Gasteiger partial charge is 0.495 e. The third kappa shape index (κ3) is 2.57. The molecule has 0 atom stereocenters. The zero-order valence-electron chi connectivity index (χ0n) is 11.3. The second-order valence-corrected chi connectivity index (χ2v) is 6.21. The van der Waals surface area contributed by atoms with Gasteiger partial charge in [0.2, 0.25) is 0 Å². The monoisotopic (exact) mass is 302 g/mol. The number of fused-ring (bicyclic) bond motifs is 1. The minimum absolute atomic E-state index is 0.209. The fraction of sp³-hybridized carbons (Fsp3) is 0.0667. The second-order valence-electron chi connectivity index (χ2n) is 4.53. The summed E-state index contributed by atoms with van der Waals surface area (Å²) >= 11 is 0. The lowest BCUT2D eigenvalue weighted by Gasteiger charge is -2.11. The van der Waals surface area contributed by atoms with E-state index < -0.39 is 10.0 Å². The Morgan fingerprint density at radius 1 is 1.10 bits per heavy atom. The lowest BCUT2D eigenvalue weighted by atomic mass is 10.2. The summed E-state index contributed by atoms with van der Waals surface area (Å²) in [6.45, 7) is 0. The van der Waals surface area contributed by atoms with E-state index in [1.807, 2.05) is 6.07 Å². The summed E-state index contributed by atoms with van der Waals surface area (Å²) in [5.74, 6) is 0.476. The number of H-pyrrole nitrogens is 1. The molecule has 1 aromatic heterocycles. The molecule has 3 aromatic rings. The van der Waals surface area contributed by atoms with Crippen LogP contribution in [-0.2, 0) is 10.0 Å². The van der Waals surface area contributed by atoms with E-state index in [1.54, 1.807) is 48.7 Å². The van der Waals surface area contributed by atoms with E-state index in [2.05, 4.69) is 9.71 Å². The van der Waals surface area contributed by atoms with Gasteiger partial charge in [-0.15, -0.1) is 0 Å². The zero-order chi connectivity index (χ0) is 14.9. The number of aromatic amines is 1. The summed E-state index contributed by atoms with van der Waals surface area (Å²) in [6, 6.07) is 13.7. The fourth-order valence-corrected chi connectivity index (χ4v) is 3.24. The third-order valence-electron chi connectivity index (χ3n) is 3.19. The summed E-state index contributed by atoms with van der Waals surface area (Å²) in [5, 5.41) is 0.845. The average Bonchev–Trinajstić information content (AvgIpc) is 2.95. The Morgan fingerprint density at radius 2 is 1.90 bits per heavy atom. The highest BCUT2D eigenvalue weighted by atomic mass is 32.2. The van der Waals surface area contributed by atoms with Gasteiger partial charge in [0.25, 0.3) is 10.0 Å². The third-order valence-corrected chi connectivity index (χ3v) is 4.55. The van der Waals surface area contributed by atoms with Crippen LogP contribution in [-0.4, -0.2) is 20.5 Å². The number of ether oxygens (including phenoxy) is 1. The molecule has 3 rings (SSSR count). The molecule has 0 aliphatic carbocycles. The molecule has 0 aliphatic heterocycles. The molecule has 0 saturated carbocycles. The quantitative estimate of drug-likeness (QED) is 0.778. The van der Waals surface area contributed by atoms with Crippen molar-refractivity contribution in [2.45, 2.75) is 4.90 Å². The van der Waals surface area contributed by atoms with Gasteiger partial charge in [0.05, 0.1) is 17.7 Å². The molecule has 2 N–H and O–H groups in total. The van der Waals surface area contributed by atoms with Crippen molar-refractivity contribution in [2.75, 3.05) is 11.8 Å². The molecule has 6 heteroatoms. The fourth-order valence-electron chi connectivity index (χ4n) is 2.13. The molecule has 0 aliphatic rings. The highest BCUT2D eigenvalue weighted by molar-refractivity contribution is 7.92. The molecule has 0 fully saturated rings. The molecule has 0 bridgehead atoms. The van der Waals surface area contributed by atoms with Crippen molar-refractivity contribution in [3.05, 3.63) is 54.7 Å². The number of rotatable bonds is 4. The topological polar surface area (TPSA) is 71.2 Å². The first-order chi connectivity index (χ1) is 10.1. The Morgan fingerprint density at radius 3 is 2.71 bits per heavy atom. The Kier molecular flexibility index (Phi) is 3.31. The summed E-state index contributed by atoms with van der Waals surface area (Å²) in [4.78, 5) is 3.24. The second kappa shape index (κ2) is 5.14. The number of hydrogen-bond acceptors (Lipinski definition) is 3. The van der Waals surface area contributed by atoms with Crippen LogP contribution in [0.4, 0.5) is 5.69 Å². The average molecular weight is 302 g/mol. The van der Waals surface area contributed by atoms with Gasteiger partial charge in [-0.25, -0.2) is 8.42 Å². The summed E-state index contributed by atoms with van der Waals surface area (Å²) in [7, 11) is -2.16. The maximum atomic E-state index is 12.5. The van der Waals surface area contributed by atoms with Crippen molar-refractivity contribution in [2.24, 2.45) is 0 Å². The van der Waals surface area contributed by atoms with E-state index in [1.165, 1.54) is 7.11 Å². The number of anilines is 1. The molecule has 0 unspecified atom stereocenters. The van der Waals surface area contributed by atoms with Gasteiger partial charge in [-0.1, -0.05) is 12.1 Å². The Labute approximate surface area is 122 Å². The molecule has 0 radical (unpaired) electrons. The van der Waals surface area contributed by atoms with E-state index in [-0.39, 0.29) is 4.90 Å². The molecule has 5 nitrogen and oxygen atoms in total. The van der Waals surface area contributed by atoms with Crippen molar-refractivity contribution in [1.82, 2.24) is 4.98 Å². The molecule has 0 spiro atoms. The van der Waals surface area contributed by atoms with Crippen LogP contribution in [0, 0.1) is 0 Å². The van der Waals surface area contributed by atoms with Crippen LogP contribution in [0.2, 0.25) is 0 Å². The maximum Gasteiger partial charge on any atom is 0.262 e. The van der Waals surface area contributed by atoms with E-state index in [0.717, 1.165) is 10.9 Å². The highest BCUT2D eigenvalue weighted by Crippen LogP contribution is 2.27. The standard InChI is InChI=1S/C15H14N2O3S/c1-20-15-5-3-2-4-14(15)17-21(18,19)12-6-7-13-11(10-12)8-9-16-13/h2-10,16-17H,1H3. The SMILES string of the molecule is COc1ccccc1NS(=O)(=O)c1ccc2[nH]ccc2c1. The van der Waals surface area contributed by atoms with Crippen molar-refractivity contribution < 1.29 is 13.2 Å². The summed E-state index contributed by atoms with van der Waals surface area (Å²) in [5.41, 5.74) is 1.31. The molecular weight excluding hydrogens is 288 g/mol. The van der Waals surface area contributed by atoms with Gasteiger partial charge in [-0.2, -0.15) is 0 Å². The van der Waals surface area contributed by atoms with E-state index in [4.69, 9.17) is 4.74 Å². The summed E-state index contributed by atoms with van der Waals surface area (Å²) in [6.07, 6.45) is 1.77. The van der Waals surface area contributed by atoms with Gasteiger partial charge in [-0.05, 0) is 36.4 Å². The van der Waals surface area contributed by atoms with E-state index in [0.29, 0.717) is 11.4 Å². The normalized spacial score (nSPS) is 11.5. The van der Waals surface area contributed by atoms with Gasteiger partial charge in [-0.3, -0.25) is 4.72 Å². The van der Waals surface area contributed by atoms with Crippen LogP contribution in [0.15, 0.2) is 59.6 Å². The Bertz CT molecular complexity index is 885. The highest BCUT2D eigenvalue weighted by Gasteiger charge is 2.16. The van der Waals surface area contributed by atoms with Crippen molar-refractivity contribution in [3.63, 3.8) is 0 Å². The predicted octanol–water partition coefficient (Wildman–Crippen LogP) is 2.98. The van der Waals surface area contributed by atoms with Gasteiger partial charge in [0.15, 0.2) is 0 Å². The lowest BCUT2D eigenvalue weighted by Crippen LogP contribution is -2.13. The first kappa shape index (κ1) is 13.5. The smallest absolute Gasteiger partial charge is 0.262 e. The van der Waals surface area contributed by atoms with Crippen molar-refractivity contribution in [3.8, 4) is 5.75 Å². The molecule has 1 heterocycles. The summed E-state index contributed by atoms with van der Waals surface area (Å²) < 4.78 is 32.6. The van der Waals surface area contributed by atoms with Gasteiger partial charge in [0.1, 0.15) is 5.75 Å². The van der Waals surface area contributed by atoms with Crippen LogP contribution in [0.5, 0.6) is 5.75 Å². The molecule has 108 valence electrons. The number of methoxy groups -OCH3 is 1.